The Bertz CT molecular complexity index is 852. The van der Waals surface area contributed by atoms with Crippen molar-refractivity contribution in [3.05, 3.63) is 35.4 Å². The Morgan fingerprint density at radius 1 is 1.34 bits per heavy atom. The van der Waals surface area contributed by atoms with Crippen LogP contribution in [0.5, 0.6) is 11.5 Å². The van der Waals surface area contributed by atoms with Crippen LogP contribution in [0.15, 0.2) is 24.3 Å². The van der Waals surface area contributed by atoms with Gasteiger partial charge in [0.2, 0.25) is 0 Å². The fourth-order valence-electron chi connectivity index (χ4n) is 5.92. The van der Waals surface area contributed by atoms with Crippen LogP contribution in [0.3, 0.4) is 0 Å². The van der Waals surface area contributed by atoms with E-state index < -0.39 is 6.10 Å². The molecule has 2 bridgehead atoms. The molecule has 6 nitrogen and oxygen atoms in total. The Labute approximate surface area is 171 Å². The summed E-state index contributed by atoms with van der Waals surface area (Å²) in [4.78, 5) is 14.5. The molecular formula is C23H29NO5. The molecule has 5 rings (SSSR count). The third-order valence-electron chi connectivity index (χ3n) is 7.11. The highest BCUT2D eigenvalue weighted by molar-refractivity contribution is 5.70. The lowest BCUT2D eigenvalue weighted by molar-refractivity contribution is -0.0485. The van der Waals surface area contributed by atoms with Gasteiger partial charge in [0.15, 0.2) is 11.5 Å². The first kappa shape index (κ1) is 18.8. The van der Waals surface area contributed by atoms with Crippen LogP contribution in [0.1, 0.15) is 44.2 Å². The number of unbranched alkanes of at least 4 members (excludes halogenated alkanes) is 1. The Hall–Kier alpha value is -2.21. The second-order valence-electron chi connectivity index (χ2n) is 8.52. The number of piperidine rings is 1. The molecule has 156 valence electrons. The summed E-state index contributed by atoms with van der Waals surface area (Å²) in [5.74, 6) is 1.69. The van der Waals surface area contributed by atoms with Crippen molar-refractivity contribution >= 4 is 6.09 Å². The number of ether oxygens (including phenoxy) is 3. The van der Waals surface area contributed by atoms with Crippen LogP contribution in [-0.4, -0.2) is 54.1 Å². The van der Waals surface area contributed by atoms with Crippen LogP contribution >= 0.6 is 0 Å². The molecular weight excluding hydrogens is 370 g/mol. The number of carbonyl (C=O) groups excluding carboxylic acids is 1. The van der Waals surface area contributed by atoms with Crippen molar-refractivity contribution < 1.29 is 24.1 Å². The molecule has 0 saturated carbocycles. The molecule has 0 radical (unpaired) electrons. The molecule has 2 unspecified atom stereocenters. The molecule has 2 aliphatic carbocycles. The highest BCUT2D eigenvalue weighted by Crippen LogP contribution is 2.62. The Morgan fingerprint density at radius 3 is 3.00 bits per heavy atom. The number of aliphatic hydroxyl groups is 1. The average molecular weight is 399 g/mol. The molecule has 2 heterocycles. The molecule has 1 spiro atoms. The number of aliphatic hydroxyl groups excluding tert-OH is 1. The molecule has 1 amide bonds. The number of hydrogen-bond acceptors (Lipinski definition) is 5. The molecule has 2 aliphatic heterocycles. The normalized spacial score (nSPS) is 33.1. The quantitative estimate of drug-likeness (QED) is 0.608. The van der Waals surface area contributed by atoms with E-state index in [-0.39, 0.29) is 29.6 Å². The molecule has 29 heavy (non-hydrogen) atoms. The van der Waals surface area contributed by atoms with E-state index >= 15 is 0 Å². The summed E-state index contributed by atoms with van der Waals surface area (Å²) >= 11 is 0. The second-order valence-corrected chi connectivity index (χ2v) is 8.52. The highest BCUT2D eigenvalue weighted by Gasteiger charge is 2.65. The van der Waals surface area contributed by atoms with Crippen molar-refractivity contribution in [2.45, 2.75) is 63.2 Å². The van der Waals surface area contributed by atoms with E-state index in [1.54, 1.807) is 0 Å². The van der Waals surface area contributed by atoms with Crippen LogP contribution in [0.25, 0.3) is 0 Å². The van der Waals surface area contributed by atoms with Crippen LogP contribution < -0.4 is 9.47 Å². The summed E-state index contributed by atoms with van der Waals surface area (Å²) < 4.78 is 17.8. The Balaban J connectivity index is 1.59. The molecule has 4 aliphatic rings. The van der Waals surface area contributed by atoms with E-state index in [4.69, 9.17) is 14.2 Å². The van der Waals surface area contributed by atoms with Crippen molar-refractivity contribution in [1.82, 2.24) is 4.90 Å². The fraction of sp³-hybridized carbons (Fsp3) is 0.609. The first-order chi connectivity index (χ1) is 14.1. The maximum Gasteiger partial charge on any atom is 0.410 e. The van der Waals surface area contributed by atoms with Gasteiger partial charge in [-0.25, -0.2) is 4.79 Å². The largest absolute Gasteiger partial charge is 0.490 e. The minimum atomic E-state index is -0.664. The molecule has 0 aromatic heterocycles. The molecule has 6 heteroatoms. The van der Waals surface area contributed by atoms with Crippen LogP contribution in [0.2, 0.25) is 0 Å². The number of hydrogen-bond donors (Lipinski definition) is 1. The third-order valence-corrected chi connectivity index (χ3v) is 7.11. The minimum absolute atomic E-state index is 0.0166. The van der Waals surface area contributed by atoms with Crippen LogP contribution in [0.4, 0.5) is 4.79 Å². The highest BCUT2D eigenvalue weighted by atomic mass is 16.6. The van der Waals surface area contributed by atoms with Crippen molar-refractivity contribution in [1.29, 1.82) is 0 Å². The molecule has 5 atom stereocenters. The zero-order valence-corrected chi connectivity index (χ0v) is 17.1. The summed E-state index contributed by atoms with van der Waals surface area (Å²) in [6.45, 7) is 5.62. The van der Waals surface area contributed by atoms with Gasteiger partial charge in [-0.15, -0.1) is 0 Å². The van der Waals surface area contributed by atoms with Gasteiger partial charge < -0.3 is 24.2 Å². The second kappa shape index (κ2) is 6.94. The number of benzene rings is 1. The Morgan fingerprint density at radius 2 is 2.21 bits per heavy atom. The van der Waals surface area contributed by atoms with Gasteiger partial charge in [-0.2, -0.15) is 0 Å². The van der Waals surface area contributed by atoms with Crippen LogP contribution in [-0.2, 0) is 16.6 Å². The summed E-state index contributed by atoms with van der Waals surface area (Å²) in [5.41, 5.74) is 2.09. The zero-order chi connectivity index (χ0) is 20.2. The average Bonchev–Trinajstić information content (AvgIpc) is 3.06. The van der Waals surface area contributed by atoms with Gasteiger partial charge in [-0.05, 0) is 37.8 Å². The standard InChI is InChI=1S/C23H29NO5/c1-3-5-12-28-18-9-6-14-13-16-15-7-8-17(25)21-23(15,19(14)20(18)29-21)10-11-24(16)22(26)27-4-2/h6-9,15-17,21,25H,3-5,10-13H2,1-2H3/t15?,16?,17-,21-,23-/m0/s1. The van der Waals surface area contributed by atoms with E-state index in [0.29, 0.717) is 19.8 Å². The summed E-state index contributed by atoms with van der Waals surface area (Å²) in [6, 6.07) is 4.13. The summed E-state index contributed by atoms with van der Waals surface area (Å²) in [7, 11) is 0. The van der Waals surface area contributed by atoms with E-state index in [1.807, 2.05) is 24.0 Å². The monoisotopic (exact) mass is 399 g/mol. The zero-order valence-electron chi connectivity index (χ0n) is 17.1. The first-order valence-corrected chi connectivity index (χ1v) is 10.9. The SMILES string of the molecule is CCCCOc1ccc2c3c1O[C@H]1[C@@H](O)C=CC4C(C2)N(C(=O)OCC)CC[C@@]341. The lowest BCUT2D eigenvalue weighted by Crippen LogP contribution is -2.66. The summed E-state index contributed by atoms with van der Waals surface area (Å²) in [5, 5.41) is 10.8. The minimum Gasteiger partial charge on any atom is -0.490 e. The first-order valence-electron chi connectivity index (χ1n) is 10.9. The molecule has 1 aromatic rings. The maximum atomic E-state index is 12.6. The number of likely N-dealkylation sites (tertiary alicyclic amines) is 1. The van der Waals surface area contributed by atoms with Gasteiger partial charge in [0.05, 0.1) is 13.2 Å². The van der Waals surface area contributed by atoms with Crippen LogP contribution in [0, 0.1) is 5.92 Å². The van der Waals surface area contributed by atoms with Gasteiger partial charge in [-0.3, -0.25) is 0 Å². The van der Waals surface area contributed by atoms with E-state index in [2.05, 4.69) is 19.1 Å². The Kier molecular flexibility index (Phi) is 4.50. The van der Waals surface area contributed by atoms with Crippen molar-refractivity contribution in [2.75, 3.05) is 19.8 Å². The third kappa shape index (κ3) is 2.54. The fourth-order valence-corrected chi connectivity index (χ4v) is 5.92. The molecule has 1 aromatic carbocycles. The van der Waals surface area contributed by atoms with Gasteiger partial charge >= 0.3 is 6.09 Å². The summed E-state index contributed by atoms with van der Waals surface area (Å²) in [6.07, 6.45) is 6.27. The van der Waals surface area contributed by atoms with Gasteiger partial charge in [0.1, 0.15) is 12.2 Å². The molecule has 1 N–H and O–H groups in total. The van der Waals surface area contributed by atoms with E-state index in [0.717, 1.165) is 37.2 Å². The number of rotatable bonds is 5. The van der Waals surface area contributed by atoms with Gasteiger partial charge in [0, 0.05) is 29.5 Å². The van der Waals surface area contributed by atoms with Crippen molar-refractivity contribution in [3.8, 4) is 11.5 Å². The van der Waals surface area contributed by atoms with E-state index in [9.17, 15) is 9.90 Å². The molecule has 1 saturated heterocycles. The van der Waals surface area contributed by atoms with Gasteiger partial charge in [-0.1, -0.05) is 31.6 Å². The number of carbonyl (C=O) groups is 1. The number of amides is 1. The van der Waals surface area contributed by atoms with Crippen molar-refractivity contribution in [3.63, 3.8) is 0 Å². The smallest absolute Gasteiger partial charge is 0.410 e. The lowest BCUT2D eigenvalue weighted by Gasteiger charge is -2.56. The van der Waals surface area contributed by atoms with E-state index in [1.165, 1.54) is 11.1 Å². The topological polar surface area (TPSA) is 68.2 Å². The lowest BCUT2D eigenvalue weighted by atomic mass is 9.53. The van der Waals surface area contributed by atoms with Crippen molar-refractivity contribution in [2.24, 2.45) is 5.92 Å². The predicted octanol–water partition coefficient (Wildman–Crippen LogP) is 3.20. The molecule has 1 fully saturated rings. The number of nitrogens with zero attached hydrogens (tertiary/aromatic N) is 1. The predicted molar refractivity (Wildman–Crippen MR) is 107 cm³/mol. The maximum absolute atomic E-state index is 12.6. The van der Waals surface area contributed by atoms with Gasteiger partial charge in [0.25, 0.3) is 0 Å².